The predicted molar refractivity (Wildman–Crippen MR) is 77.0 cm³/mol. The molecule has 1 aliphatic heterocycles. The van der Waals surface area contributed by atoms with E-state index < -0.39 is 6.04 Å². The molecule has 1 aliphatic rings. The van der Waals surface area contributed by atoms with Gasteiger partial charge in [0.25, 0.3) is 0 Å². The molecule has 116 valence electrons. The Kier molecular flexibility index (Phi) is 6.95. The first-order valence-corrected chi connectivity index (χ1v) is 7.25. The molecule has 2 amide bonds. The molecule has 0 aliphatic carbocycles. The number of ether oxygens (including phenoxy) is 1. The Morgan fingerprint density at radius 3 is 2.45 bits per heavy atom. The van der Waals surface area contributed by atoms with Crippen LogP contribution < -0.4 is 11.1 Å². The highest BCUT2D eigenvalue weighted by molar-refractivity contribution is 5.87. The van der Waals surface area contributed by atoms with E-state index in [-0.39, 0.29) is 24.3 Å². The van der Waals surface area contributed by atoms with Crippen molar-refractivity contribution in [2.75, 3.05) is 33.4 Å². The lowest BCUT2D eigenvalue weighted by atomic mass is 9.98. The normalized spacial score (nSPS) is 18.1. The summed E-state index contributed by atoms with van der Waals surface area (Å²) < 4.78 is 5.13. The molecule has 0 radical (unpaired) electrons. The van der Waals surface area contributed by atoms with E-state index in [1.54, 1.807) is 12.0 Å². The Labute approximate surface area is 121 Å². The van der Waals surface area contributed by atoms with Crippen molar-refractivity contribution in [1.82, 2.24) is 10.2 Å². The third kappa shape index (κ3) is 5.09. The number of nitrogens with zero attached hydrogens (tertiary/aromatic N) is 1. The van der Waals surface area contributed by atoms with Crippen LogP contribution in [0, 0.1) is 11.8 Å². The highest BCUT2D eigenvalue weighted by Crippen LogP contribution is 2.17. The molecule has 0 aromatic heterocycles. The molecule has 1 fully saturated rings. The van der Waals surface area contributed by atoms with E-state index in [1.807, 2.05) is 13.8 Å². The van der Waals surface area contributed by atoms with Crippen molar-refractivity contribution in [2.45, 2.75) is 32.7 Å². The predicted octanol–water partition coefficient (Wildman–Crippen LogP) is -0.0291. The Morgan fingerprint density at radius 1 is 1.35 bits per heavy atom. The number of carbonyl (C=O) groups excluding carboxylic acids is 2. The quantitative estimate of drug-likeness (QED) is 0.718. The number of amides is 2. The zero-order chi connectivity index (χ0) is 15.1. The second-order valence-electron chi connectivity index (χ2n) is 5.77. The monoisotopic (exact) mass is 285 g/mol. The molecule has 1 heterocycles. The summed E-state index contributed by atoms with van der Waals surface area (Å²) in [5.74, 6) is 0.302. The molecule has 0 aromatic carbocycles. The molecule has 0 spiro atoms. The van der Waals surface area contributed by atoms with Crippen molar-refractivity contribution in [3.8, 4) is 0 Å². The van der Waals surface area contributed by atoms with Crippen molar-refractivity contribution >= 4 is 11.8 Å². The Balaban J connectivity index is 2.29. The van der Waals surface area contributed by atoms with Crippen molar-refractivity contribution in [3.63, 3.8) is 0 Å². The summed E-state index contributed by atoms with van der Waals surface area (Å²) >= 11 is 0. The molecule has 6 nitrogen and oxygen atoms in total. The summed E-state index contributed by atoms with van der Waals surface area (Å²) in [6, 6.07) is -0.560. The second kappa shape index (κ2) is 8.21. The molecule has 1 rings (SSSR count). The fourth-order valence-electron chi connectivity index (χ4n) is 2.28. The van der Waals surface area contributed by atoms with Gasteiger partial charge in [0.05, 0.1) is 12.6 Å². The third-order valence-electron chi connectivity index (χ3n) is 3.80. The van der Waals surface area contributed by atoms with Crippen molar-refractivity contribution in [3.05, 3.63) is 0 Å². The van der Waals surface area contributed by atoms with Crippen molar-refractivity contribution in [2.24, 2.45) is 17.6 Å². The first-order chi connectivity index (χ1) is 9.45. The zero-order valence-corrected chi connectivity index (χ0v) is 12.7. The highest BCUT2D eigenvalue weighted by atomic mass is 16.5. The maximum Gasteiger partial charge on any atom is 0.241 e. The van der Waals surface area contributed by atoms with Gasteiger partial charge in [0, 0.05) is 26.8 Å². The number of carbonyl (C=O) groups is 2. The molecule has 0 unspecified atom stereocenters. The minimum Gasteiger partial charge on any atom is -0.384 e. The Bertz CT molecular complexity index is 326. The van der Waals surface area contributed by atoms with E-state index in [1.165, 1.54) is 0 Å². The van der Waals surface area contributed by atoms with Crippen LogP contribution in [-0.4, -0.2) is 56.1 Å². The highest BCUT2D eigenvalue weighted by Gasteiger charge is 2.24. The summed E-state index contributed by atoms with van der Waals surface area (Å²) in [4.78, 5) is 25.5. The minimum atomic E-state index is -0.560. The fraction of sp³-hybridized carbons (Fsp3) is 0.857. The topological polar surface area (TPSA) is 84.7 Å². The zero-order valence-electron chi connectivity index (χ0n) is 12.7. The van der Waals surface area contributed by atoms with Gasteiger partial charge in [-0.05, 0) is 24.7 Å². The van der Waals surface area contributed by atoms with Gasteiger partial charge >= 0.3 is 0 Å². The van der Waals surface area contributed by atoms with Gasteiger partial charge in [0.15, 0.2) is 0 Å². The molecule has 0 bridgehead atoms. The summed E-state index contributed by atoms with van der Waals surface area (Å²) in [5.41, 5.74) is 5.73. The van der Waals surface area contributed by atoms with Crippen LogP contribution >= 0.6 is 0 Å². The molecule has 1 atom stereocenters. The molecule has 6 heteroatoms. The van der Waals surface area contributed by atoms with Gasteiger partial charge < -0.3 is 20.7 Å². The number of rotatable bonds is 6. The van der Waals surface area contributed by atoms with Crippen LogP contribution in [0.4, 0.5) is 0 Å². The summed E-state index contributed by atoms with van der Waals surface area (Å²) in [6.45, 7) is 6.02. The van der Waals surface area contributed by atoms with Crippen LogP contribution in [0.25, 0.3) is 0 Å². The van der Waals surface area contributed by atoms with Gasteiger partial charge in [-0.2, -0.15) is 0 Å². The minimum absolute atomic E-state index is 0.0359. The lowest BCUT2D eigenvalue weighted by Gasteiger charge is -2.31. The number of likely N-dealkylation sites (tertiary alicyclic amines) is 1. The van der Waals surface area contributed by atoms with E-state index in [2.05, 4.69) is 5.32 Å². The van der Waals surface area contributed by atoms with E-state index >= 15 is 0 Å². The maximum absolute atomic E-state index is 12.0. The van der Waals surface area contributed by atoms with Gasteiger partial charge in [-0.1, -0.05) is 13.8 Å². The van der Waals surface area contributed by atoms with Crippen LogP contribution in [0.5, 0.6) is 0 Å². The maximum atomic E-state index is 12.0. The number of hydrogen-bond donors (Lipinski definition) is 2. The average Bonchev–Trinajstić information content (AvgIpc) is 2.44. The average molecular weight is 285 g/mol. The van der Waals surface area contributed by atoms with E-state index in [0.717, 1.165) is 32.5 Å². The standard InChI is InChI=1S/C14H27N3O3/c1-10(2)13(15)14(19)16-8-12(18)17-6-4-11(5-7-17)9-20-3/h10-11,13H,4-9,15H2,1-3H3,(H,16,19)/t13-/m0/s1. The summed E-state index contributed by atoms with van der Waals surface area (Å²) in [7, 11) is 1.70. The first-order valence-electron chi connectivity index (χ1n) is 7.25. The molecule has 0 saturated carbocycles. The van der Waals surface area contributed by atoms with Crippen LogP contribution in [0.2, 0.25) is 0 Å². The Morgan fingerprint density at radius 2 is 1.95 bits per heavy atom. The van der Waals surface area contributed by atoms with Gasteiger partial charge in [-0.3, -0.25) is 9.59 Å². The second-order valence-corrected chi connectivity index (χ2v) is 5.77. The van der Waals surface area contributed by atoms with Gasteiger partial charge in [-0.15, -0.1) is 0 Å². The van der Waals surface area contributed by atoms with Crippen molar-refractivity contribution in [1.29, 1.82) is 0 Å². The van der Waals surface area contributed by atoms with Crippen LogP contribution in [0.1, 0.15) is 26.7 Å². The van der Waals surface area contributed by atoms with Gasteiger partial charge in [-0.25, -0.2) is 0 Å². The lowest BCUT2D eigenvalue weighted by molar-refractivity contribution is -0.134. The van der Waals surface area contributed by atoms with Gasteiger partial charge in [0.2, 0.25) is 11.8 Å². The van der Waals surface area contributed by atoms with E-state index in [4.69, 9.17) is 10.5 Å². The van der Waals surface area contributed by atoms with E-state index in [9.17, 15) is 9.59 Å². The van der Waals surface area contributed by atoms with Gasteiger partial charge in [0.1, 0.15) is 0 Å². The largest absolute Gasteiger partial charge is 0.384 e. The molecular weight excluding hydrogens is 258 g/mol. The third-order valence-corrected chi connectivity index (χ3v) is 3.80. The Hall–Kier alpha value is -1.14. The molecule has 0 aromatic rings. The summed E-state index contributed by atoms with van der Waals surface area (Å²) in [6.07, 6.45) is 1.91. The SMILES string of the molecule is COCC1CCN(C(=O)CNC(=O)[C@@H](N)C(C)C)CC1. The molecule has 1 saturated heterocycles. The fourth-order valence-corrected chi connectivity index (χ4v) is 2.28. The number of nitrogens with two attached hydrogens (primary N) is 1. The number of piperidine rings is 1. The van der Waals surface area contributed by atoms with Crippen molar-refractivity contribution < 1.29 is 14.3 Å². The number of methoxy groups -OCH3 is 1. The molecular formula is C14H27N3O3. The number of hydrogen-bond acceptors (Lipinski definition) is 4. The van der Waals surface area contributed by atoms with E-state index in [0.29, 0.717) is 5.92 Å². The number of nitrogens with one attached hydrogen (secondary N) is 1. The first kappa shape index (κ1) is 16.9. The molecule has 3 N–H and O–H groups in total. The van der Waals surface area contributed by atoms with Crippen LogP contribution in [-0.2, 0) is 14.3 Å². The smallest absolute Gasteiger partial charge is 0.241 e. The van der Waals surface area contributed by atoms with Crippen LogP contribution in [0.15, 0.2) is 0 Å². The lowest BCUT2D eigenvalue weighted by Crippen LogP contribution is -2.49. The van der Waals surface area contributed by atoms with Crippen LogP contribution in [0.3, 0.4) is 0 Å². The molecule has 20 heavy (non-hydrogen) atoms. The summed E-state index contributed by atoms with van der Waals surface area (Å²) in [5, 5.41) is 2.62.